The summed E-state index contributed by atoms with van der Waals surface area (Å²) in [7, 11) is -3.33. The number of ether oxygens (including phenoxy) is 1. The Kier molecular flexibility index (Phi) is 4.29. The zero-order chi connectivity index (χ0) is 13.2. The molecule has 0 spiro atoms. The summed E-state index contributed by atoms with van der Waals surface area (Å²) in [4.78, 5) is 0. The predicted molar refractivity (Wildman–Crippen MR) is 75.3 cm³/mol. The highest BCUT2D eigenvalue weighted by Gasteiger charge is 2.28. The van der Waals surface area contributed by atoms with Crippen molar-refractivity contribution in [2.24, 2.45) is 0 Å². The summed E-state index contributed by atoms with van der Waals surface area (Å²) >= 11 is 3.37. The maximum absolute atomic E-state index is 12.2. The molecule has 4 nitrogen and oxygen atoms in total. The van der Waals surface area contributed by atoms with Crippen LogP contribution in [-0.2, 0) is 14.8 Å². The largest absolute Gasteiger partial charge is 0.381 e. The highest BCUT2D eigenvalue weighted by Crippen LogP contribution is 2.26. The van der Waals surface area contributed by atoms with Crippen molar-refractivity contribution >= 4 is 31.6 Å². The summed E-state index contributed by atoms with van der Waals surface area (Å²) in [6.07, 6.45) is 1.11. The second kappa shape index (κ2) is 5.59. The molecule has 0 bridgehead atoms. The monoisotopic (exact) mass is 333 g/mol. The van der Waals surface area contributed by atoms with Crippen molar-refractivity contribution in [3.63, 3.8) is 0 Å². The summed E-state index contributed by atoms with van der Waals surface area (Å²) in [5, 5.41) is -0.362. The van der Waals surface area contributed by atoms with E-state index in [1.807, 2.05) is 19.1 Å². The quantitative estimate of drug-likeness (QED) is 0.925. The van der Waals surface area contributed by atoms with E-state index in [0.29, 0.717) is 31.7 Å². The maximum Gasteiger partial charge on any atom is 0.235 e. The van der Waals surface area contributed by atoms with Gasteiger partial charge in [-0.1, -0.05) is 6.07 Å². The van der Waals surface area contributed by atoms with Crippen LogP contribution < -0.4 is 4.72 Å². The summed E-state index contributed by atoms with van der Waals surface area (Å²) in [5.74, 6) is 0. The molecule has 0 saturated carbocycles. The lowest BCUT2D eigenvalue weighted by molar-refractivity contribution is 0.0984. The minimum absolute atomic E-state index is 0.362. The minimum Gasteiger partial charge on any atom is -0.381 e. The van der Waals surface area contributed by atoms with Gasteiger partial charge in [0.25, 0.3) is 0 Å². The van der Waals surface area contributed by atoms with Crippen LogP contribution in [0.25, 0.3) is 0 Å². The summed E-state index contributed by atoms with van der Waals surface area (Å²) in [6, 6.07) is 5.55. The number of aryl methyl sites for hydroxylation is 1. The molecular formula is C12H16BrNO3S. The van der Waals surface area contributed by atoms with Gasteiger partial charge in [-0.3, -0.25) is 4.72 Å². The lowest BCUT2D eigenvalue weighted by Gasteiger charge is -2.23. The Morgan fingerprint density at radius 3 is 2.61 bits per heavy atom. The van der Waals surface area contributed by atoms with Crippen molar-refractivity contribution in [3.8, 4) is 0 Å². The van der Waals surface area contributed by atoms with Gasteiger partial charge in [0.2, 0.25) is 10.0 Å². The third-order valence-electron chi connectivity index (χ3n) is 2.98. The van der Waals surface area contributed by atoms with Crippen molar-refractivity contribution in [3.05, 3.63) is 28.2 Å². The van der Waals surface area contributed by atoms with Gasteiger partial charge in [-0.2, -0.15) is 0 Å². The average Bonchev–Trinajstić information content (AvgIpc) is 2.34. The Balaban J connectivity index is 2.16. The molecule has 18 heavy (non-hydrogen) atoms. The highest BCUT2D eigenvalue weighted by atomic mass is 79.9. The molecule has 1 aromatic rings. The molecule has 6 heteroatoms. The lowest BCUT2D eigenvalue weighted by Crippen LogP contribution is -2.33. The first-order chi connectivity index (χ1) is 8.49. The number of sulfonamides is 1. The Morgan fingerprint density at radius 2 is 2.00 bits per heavy atom. The van der Waals surface area contributed by atoms with Crippen molar-refractivity contribution in [1.29, 1.82) is 0 Å². The first kappa shape index (κ1) is 13.8. The Hall–Kier alpha value is -0.590. The van der Waals surface area contributed by atoms with E-state index in [9.17, 15) is 8.42 Å². The van der Waals surface area contributed by atoms with Crippen molar-refractivity contribution < 1.29 is 13.2 Å². The SMILES string of the molecule is Cc1ccc(NS(=O)(=O)C2CCOCC2)c(Br)c1. The summed E-state index contributed by atoms with van der Waals surface area (Å²) in [6.45, 7) is 2.99. The van der Waals surface area contributed by atoms with Crippen LogP contribution >= 0.6 is 15.9 Å². The van der Waals surface area contributed by atoms with E-state index >= 15 is 0 Å². The molecule has 1 fully saturated rings. The van der Waals surface area contributed by atoms with Crippen LogP contribution in [0.2, 0.25) is 0 Å². The first-order valence-electron chi connectivity index (χ1n) is 5.84. The zero-order valence-corrected chi connectivity index (χ0v) is 12.6. The lowest BCUT2D eigenvalue weighted by atomic mass is 10.2. The van der Waals surface area contributed by atoms with Gasteiger partial charge < -0.3 is 4.74 Å². The van der Waals surface area contributed by atoms with E-state index in [0.717, 1.165) is 10.0 Å². The first-order valence-corrected chi connectivity index (χ1v) is 8.18. The summed E-state index contributed by atoms with van der Waals surface area (Å²) in [5.41, 5.74) is 1.67. The second-order valence-electron chi connectivity index (χ2n) is 4.44. The van der Waals surface area contributed by atoms with Crippen LogP contribution in [0.4, 0.5) is 5.69 Å². The van der Waals surface area contributed by atoms with Crippen molar-refractivity contribution in [2.45, 2.75) is 25.0 Å². The Labute approximate surface area is 116 Å². The molecule has 2 rings (SSSR count). The maximum atomic E-state index is 12.2. The van der Waals surface area contributed by atoms with E-state index in [1.165, 1.54) is 0 Å². The molecule has 0 radical (unpaired) electrons. The Morgan fingerprint density at radius 1 is 1.33 bits per heavy atom. The van der Waals surface area contributed by atoms with Crippen molar-refractivity contribution in [2.75, 3.05) is 17.9 Å². The van der Waals surface area contributed by atoms with Gasteiger partial charge in [0.15, 0.2) is 0 Å². The van der Waals surface area contributed by atoms with Gasteiger partial charge in [0.05, 0.1) is 10.9 Å². The van der Waals surface area contributed by atoms with Gasteiger partial charge in [-0.25, -0.2) is 8.42 Å². The number of anilines is 1. The molecule has 1 aliphatic heterocycles. The standard InChI is InChI=1S/C12H16BrNO3S/c1-9-2-3-12(11(13)8-9)14-18(15,16)10-4-6-17-7-5-10/h2-3,8,10,14H,4-7H2,1H3. The molecule has 0 atom stereocenters. The molecule has 100 valence electrons. The average molecular weight is 334 g/mol. The number of hydrogen-bond acceptors (Lipinski definition) is 3. The molecule has 0 unspecified atom stereocenters. The smallest absolute Gasteiger partial charge is 0.235 e. The molecule has 0 aromatic heterocycles. The molecule has 0 aliphatic carbocycles. The van der Waals surface area contributed by atoms with Crippen LogP contribution in [0.15, 0.2) is 22.7 Å². The number of benzene rings is 1. The normalized spacial score (nSPS) is 17.7. The van der Waals surface area contributed by atoms with Crippen LogP contribution in [0.5, 0.6) is 0 Å². The number of halogens is 1. The number of nitrogens with one attached hydrogen (secondary N) is 1. The van der Waals surface area contributed by atoms with E-state index in [4.69, 9.17) is 4.74 Å². The third kappa shape index (κ3) is 3.24. The fourth-order valence-electron chi connectivity index (χ4n) is 1.93. The van der Waals surface area contributed by atoms with Gasteiger partial charge in [-0.15, -0.1) is 0 Å². The van der Waals surface area contributed by atoms with E-state index in [2.05, 4.69) is 20.7 Å². The van der Waals surface area contributed by atoms with E-state index in [1.54, 1.807) is 6.07 Å². The second-order valence-corrected chi connectivity index (χ2v) is 7.26. The zero-order valence-electron chi connectivity index (χ0n) is 10.1. The van der Waals surface area contributed by atoms with Crippen molar-refractivity contribution in [1.82, 2.24) is 0 Å². The molecule has 1 N–H and O–H groups in total. The van der Waals surface area contributed by atoms with E-state index in [-0.39, 0.29) is 5.25 Å². The molecule has 0 amide bonds. The van der Waals surface area contributed by atoms with Crippen LogP contribution in [-0.4, -0.2) is 26.9 Å². The van der Waals surface area contributed by atoms with Crippen LogP contribution in [0.1, 0.15) is 18.4 Å². The highest BCUT2D eigenvalue weighted by molar-refractivity contribution is 9.10. The van der Waals surface area contributed by atoms with Gasteiger partial charge >= 0.3 is 0 Å². The van der Waals surface area contributed by atoms with Gasteiger partial charge in [0, 0.05) is 17.7 Å². The third-order valence-corrected chi connectivity index (χ3v) is 5.49. The molecule has 1 heterocycles. The molecule has 1 saturated heterocycles. The van der Waals surface area contributed by atoms with Gasteiger partial charge in [0.1, 0.15) is 0 Å². The predicted octanol–water partition coefficient (Wildman–Crippen LogP) is 2.68. The fourth-order valence-corrected chi connectivity index (χ4v) is 4.11. The van der Waals surface area contributed by atoms with E-state index < -0.39 is 10.0 Å². The Bertz CT molecular complexity index is 524. The molecule has 1 aliphatic rings. The minimum atomic E-state index is -3.33. The topological polar surface area (TPSA) is 55.4 Å². The fraction of sp³-hybridized carbons (Fsp3) is 0.500. The van der Waals surface area contributed by atoms with Crippen LogP contribution in [0.3, 0.4) is 0 Å². The molecular weight excluding hydrogens is 318 g/mol. The van der Waals surface area contributed by atoms with Crippen LogP contribution in [0, 0.1) is 6.92 Å². The summed E-state index contributed by atoms with van der Waals surface area (Å²) < 4.78 is 33.0. The number of rotatable bonds is 3. The molecule has 1 aromatic carbocycles. The van der Waals surface area contributed by atoms with Gasteiger partial charge in [-0.05, 0) is 53.4 Å². The number of hydrogen-bond donors (Lipinski definition) is 1.